The topological polar surface area (TPSA) is 79.1 Å². The Morgan fingerprint density at radius 1 is 1.28 bits per heavy atom. The number of nitrogens with zero attached hydrogens (tertiary/aromatic N) is 5. The van der Waals surface area contributed by atoms with Crippen LogP contribution in [0.2, 0.25) is 0 Å². The molecule has 0 amide bonds. The van der Waals surface area contributed by atoms with Crippen molar-refractivity contribution in [1.82, 2.24) is 30.1 Å². The van der Waals surface area contributed by atoms with Crippen molar-refractivity contribution in [3.8, 4) is 0 Å². The first-order chi connectivity index (χ1) is 15.2. The summed E-state index contributed by atoms with van der Waals surface area (Å²) in [5, 5.41) is 17.6. The Hall–Kier alpha value is -1.76. The first-order valence-corrected chi connectivity index (χ1v) is 11.7. The lowest BCUT2D eigenvalue weighted by molar-refractivity contribution is -0.0334. The van der Waals surface area contributed by atoms with Crippen LogP contribution in [0.3, 0.4) is 0 Å². The highest BCUT2D eigenvalue weighted by Gasteiger charge is 2.26. The predicted molar refractivity (Wildman–Crippen MR) is 140 cm³/mol. The highest BCUT2D eigenvalue weighted by atomic mass is 127. The highest BCUT2D eigenvalue weighted by Crippen LogP contribution is 2.26. The van der Waals surface area contributed by atoms with E-state index >= 15 is 0 Å². The Balaban J connectivity index is 0.00000289. The van der Waals surface area contributed by atoms with Crippen LogP contribution >= 0.6 is 35.3 Å². The molecule has 1 fully saturated rings. The molecule has 1 saturated heterocycles. The van der Waals surface area contributed by atoms with Gasteiger partial charge in [-0.1, -0.05) is 12.1 Å². The number of aliphatic imine (C=N–C) groups is 1. The molecule has 2 N–H and O–H groups in total. The Bertz CT molecular complexity index is 978. The van der Waals surface area contributed by atoms with Crippen molar-refractivity contribution in [2.45, 2.75) is 31.9 Å². The fourth-order valence-electron chi connectivity index (χ4n) is 3.95. The molecular formula is C22H32IN7OS. The Morgan fingerprint density at radius 3 is 2.97 bits per heavy atom. The van der Waals surface area contributed by atoms with Gasteiger partial charge in [0.1, 0.15) is 5.82 Å². The summed E-state index contributed by atoms with van der Waals surface area (Å²) in [7, 11) is 1.82. The van der Waals surface area contributed by atoms with Crippen molar-refractivity contribution >= 4 is 46.9 Å². The molecule has 4 rings (SSSR count). The molecule has 0 aromatic carbocycles. The predicted octanol–water partition coefficient (Wildman–Crippen LogP) is 2.97. The van der Waals surface area contributed by atoms with Crippen molar-refractivity contribution in [2.24, 2.45) is 4.99 Å². The van der Waals surface area contributed by atoms with Crippen molar-refractivity contribution in [1.29, 1.82) is 0 Å². The summed E-state index contributed by atoms with van der Waals surface area (Å²) >= 11 is 1.81. The van der Waals surface area contributed by atoms with Crippen molar-refractivity contribution < 1.29 is 4.74 Å². The highest BCUT2D eigenvalue weighted by molar-refractivity contribution is 14.0. The number of nitrogens with one attached hydrogen (secondary N) is 2. The van der Waals surface area contributed by atoms with E-state index in [1.54, 1.807) is 0 Å². The van der Waals surface area contributed by atoms with Crippen LogP contribution in [0.25, 0.3) is 5.65 Å². The van der Waals surface area contributed by atoms with Gasteiger partial charge < -0.3 is 15.4 Å². The van der Waals surface area contributed by atoms with Crippen LogP contribution in [0, 0.1) is 0 Å². The number of ether oxygens (including phenoxy) is 1. The molecule has 2 unspecified atom stereocenters. The smallest absolute Gasteiger partial charge is 0.191 e. The van der Waals surface area contributed by atoms with Gasteiger partial charge in [-0.25, -0.2) is 0 Å². The van der Waals surface area contributed by atoms with Crippen LogP contribution in [0.15, 0.2) is 46.9 Å². The summed E-state index contributed by atoms with van der Waals surface area (Å²) in [6, 6.07) is 10.6. The Labute approximate surface area is 210 Å². The SMILES string of the molecule is CN=C(NCCCc1nnc2ccccn12)NCC(c1cccs1)N1CCOC(C)C1.I. The van der Waals surface area contributed by atoms with Gasteiger partial charge in [-0.05, 0) is 36.9 Å². The standard InChI is InChI=1S/C22H31N7OS.HI/c1-17-16-28(12-13-30-17)18(19-7-6-14-31-19)15-25-22(23-2)24-10-5-9-21-27-26-20-8-3-4-11-29(20)21;/h3-4,6-8,11,14,17-18H,5,9-10,12-13,15-16H2,1-2H3,(H2,23,24,25);1H. The van der Waals surface area contributed by atoms with Crippen LogP contribution in [0.5, 0.6) is 0 Å². The van der Waals surface area contributed by atoms with Gasteiger partial charge in [0.15, 0.2) is 11.6 Å². The third-order valence-electron chi connectivity index (χ3n) is 5.53. The summed E-state index contributed by atoms with van der Waals surface area (Å²) in [5.74, 6) is 1.81. The Morgan fingerprint density at radius 2 is 2.19 bits per heavy atom. The summed E-state index contributed by atoms with van der Waals surface area (Å²) in [6.45, 7) is 6.45. The zero-order valence-electron chi connectivity index (χ0n) is 18.6. The number of rotatable bonds is 8. The monoisotopic (exact) mass is 569 g/mol. The lowest BCUT2D eigenvalue weighted by Crippen LogP contribution is -2.48. The minimum Gasteiger partial charge on any atom is -0.376 e. The van der Waals surface area contributed by atoms with Gasteiger partial charge in [-0.3, -0.25) is 14.3 Å². The number of morpholine rings is 1. The molecule has 3 aromatic heterocycles. The maximum atomic E-state index is 5.74. The van der Waals surface area contributed by atoms with Crippen LogP contribution in [0.1, 0.15) is 30.1 Å². The summed E-state index contributed by atoms with van der Waals surface area (Å²) < 4.78 is 7.78. The molecule has 174 valence electrons. The zero-order chi connectivity index (χ0) is 21.5. The molecular weight excluding hydrogens is 537 g/mol. The number of hydrogen-bond acceptors (Lipinski definition) is 6. The molecule has 1 aliphatic rings. The van der Waals surface area contributed by atoms with E-state index in [0.29, 0.717) is 6.04 Å². The molecule has 32 heavy (non-hydrogen) atoms. The largest absolute Gasteiger partial charge is 0.376 e. The Kier molecular flexibility index (Phi) is 9.69. The number of aromatic nitrogens is 3. The number of pyridine rings is 1. The molecule has 0 bridgehead atoms. The van der Waals surface area contributed by atoms with E-state index in [-0.39, 0.29) is 30.1 Å². The number of halogens is 1. The second kappa shape index (κ2) is 12.5. The quantitative estimate of drug-likeness (QED) is 0.188. The first-order valence-electron chi connectivity index (χ1n) is 10.9. The number of aryl methyl sites for hydroxylation is 1. The molecule has 1 aliphatic heterocycles. The molecule has 0 aliphatic carbocycles. The minimum absolute atomic E-state index is 0. The normalized spacial score (nSPS) is 18.3. The molecule has 0 spiro atoms. The lowest BCUT2D eigenvalue weighted by atomic mass is 10.1. The second-order valence-electron chi connectivity index (χ2n) is 7.74. The van der Waals surface area contributed by atoms with Crippen LogP contribution in [0.4, 0.5) is 0 Å². The molecule has 8 nitrogen and oxygen atoms in total. The second-order valence-corrected chi connectivity index (χ2v) is 8.72. The average Bonchev–Trinajstić information content (AvgIpc) is 3.46. The van der Waals surface area contributed by atoms with Gasteiger partial charge in [0.25, 0.3) is 0 Å². The first kappa shape index (κ1) is 24.9. The van der Waals surface area contributed by atoms with E-state index < -0.39 is 0 Å². The fraction of sp³-hybridized carbons (Fsp3) is 0.500. The van der Waals surface area contributed by atoms with E-state index in [1.165, 1.54) is 4.88 Å². The van der Waals surface area contributed by atoms with E-state index in [2.05, 4.69) is 55.2 Å². The third kappa shape index (κ3) is 6.40. The number of fused-ring (bicyclic) bond motifs is 1. The van der Waals surface area contributed by atoms with Crippen molar-refractivity contribution in [3.05, 3.63) is 52.6 Å². The lowest BCUT2D eigenvalue weighted by Gasteiger charge is -2.37. The van der Waals surface area contributed by atoms with Gasteiger partial charge in [-0.2, -0.15) is 0 Å². The number of hydrogen-bond donors (Lipinski definition) is 2. The number of guanidine groups is 1. The van der Waals surface area contributed by atoms with Gasteiger partial charge in [0.2, 0.25) is 0 Å². The molecule has 10 heteroatoms. The van der Waals surface area contributed by atoms with Crippen molar-refractivity contribution in [2.75, 3.05) is 39.8 Å². The maximum absolute atomic E-state index is 5.74. The van der Waals surface area contributed by atoms with E-state index in [0.717, 1.165) is 63.1 Å². The maximum Gasteiger partial charge on any atom is 0.191 e. The van der Waals surface area contributed by atoms with E-state index in [9.17, 15) is 0 Å². The summed E-state index contributed by atoms with van der Waals surface area (Å²) in [5.41, 5.74) is 0.889. The van der Waals surface area contributed by atoms with E-state index in [4.69, 9.17) is 4.74 Å². The summed E-state index contributed by atoms with van der Waals surface area (Å²) in [6.07, 6.45) is 4.09. The van der Waals surface area contributed by atoms with E-state index in [1.807, 2.05) is 47.2 Å². The van der Waals surface area contributed by atoms with Gasteiger partial charge in [0.05, 0.1) is 18.8 Å². The molecule has 0 radical (unpaired) electrons. The van der Waals surface area contributed by atoms with Crippen molar-refractivity contribution in [3.63, 3.8) is 0 Å². The van der Waals surface area contributed by atoms with Crippen LogP contribution in [-0.4, -0.2) is 71.4 Å². The third-order valence-corrected chi connectivity index (χ3v) is 6.50. The van der Waals surface area contributed by atoms with Gasteiger partial charge in [-0.15, -0.1) is 45.5 Å². The van der Waals surface area contributed by atoms with Crippen LogP contribution in [-0.2, 0) is 11.2 Å². The number of thiophene rings is 1. The van der Waals surface area contributed by atoms with Gasteiger partial charge >= 0.3 is 0 Å². The van der Waals surface area contributed by atoms with Gasteiger partial charge in [0, 0.05) is 50.7 Å². The molecule has 3 aromatic rings. The molecule has 4 heterocycles. The average molecular weight is 570 g/mol. The fourth-order valence-corrected chi connectivity index (χ4v) is 4.81. The van der Waals surface area contributed by atoms with Crippen LogP contribution < -0.4 is 10.6 Å². The minimum atomic E-state index is 0. The summed E-state index contributed by atoms with van der Waals surface area (Å²) in [4.78, 5) is 8.29. The molecule has 0 saturated carbocycles. The molecule has 2 atom stereocenters. The zero-order valence-corrected chi connectivity index (χ0v) is 21.8.